The summed E-state index contributed by atoms with van der Waals surface area (Å²) < 4.78 is 24.4. The maximum atomic E-state index is 12.2. The number of hydrogen-bond acceptors (Lipinski definition) is 3. The van der Waals surface area contributed by atoms with Crippen LogP contribution < -0.4 is 0 Å². The molecule has 0 amide bonds. The zero-order valence-corrected chi connectivity index (χ0v) is 12.3. The SMILES string of the molecule is O=S(=O)(CCC(O)c1ccccc1)c1ccccc1Cl. The van der Waals surface area contributed by atoms with E-state index in [2.05, 4.69) is 0 Å². The predicted octanol–water partition coefficient (Wildman–Crippen LogP) is 3.24. The summed E-state index contributed by atoms with van der Waals surface area (Å²) in [6.07, 6.45) is -0.661. The highest BCUT2D eigenvalue weighted by Crippen LogP contribution is 2.24. The van der Waals surface area contributed by atoms with Crippen LogP contribution in [0.15, 0.2) is 59.5 Å². The van der Waals surface area contributed by atoms with Gasteiger partial charge in [0.1, 0.15) is 0 Å². The molecule has 106 valence electrons. The average Bonchev–Trinajstić information content (AvgIpc) is 2.46. The van der Waals surface area contributed by atoms with E-state index in [4.69, 9.17) is 11.6 Å². The quantitative estimate of drug-likeness (QED) is 0.922. The number of sulfone groups is 1. The van der Waals surface area contributed by atoms with Crippen LogP contribution in [0, 0.1) is 0 Å². The van der Waals surface area contributed by atoms with Crippen molar-refractivity contribution in [1.82, 2.24) is 0 Å². The fourth-order valence-electron chi connectivity index (χ4n) is 1.92. The lowest BCUT2D eigenvalue weighted by Crippen LogP contribution is -2.11. The molecule has 0 saturated carbocycles. The first-order chi connectivity index (χ1) is 9.50. The molecular formula is C15H15ClO3S. The Morgan fingerprint density at radius 1 is 1.00 bits per heavy atom. The van der Waals surface area contributed by atoms with Crippen molar-refractivity contribution < 1.29 is 13.5 Å². The van der Waals surface area contributed by atoms with Gasteiger partial charge in [0.25, 0.3) is 0 Å². The number of benzene rings is 2. The van der Waals surface area contributed by atoms with Gasteiger partial charge in [-0.2, -0.15) is 0 Å². The number of rotatable bonds is 5. The van der Waals surface area contributed by atoms with Gasteiger partial charge in [0.05, 0.1) is 21.8 Å². The second-order valence-electron chi connectivity index (χ2n) is 4.46. The van der Waals surface area contributed by atoms with Crippen LogP contribution in [-0.2, 0) is 9.84 Å². The van der Waals surface area contributed by atoms with Gasteiger partial charge >= 0.3 is 0 Å². The molecule has 1 atom stereocenters. The first kappa shape index (κ1) is 15.0. The lowest BCUT2D eigenvalue weighted by Gasteiger charge is -2.11. The van der Waals surface area contributed by atoms with Crippen LogP contribution in [0.3, 0.4) is 0 Å². The van der Waals surface area contributed by atoms with Crippen molar-refractivity contribution in [3.05, 3.63) is 65.2 Å². The second kappa shape index (κ2) is 6.39. The number of aliphatic hydroxyl groups excluding tert-OH is 1. The van der Waals surface area contributed by atoms with E-state index in [0.717, 1.165) is 0 Å². The van der Waals surface area contributed by atoms with Crippen molar-refractivity contribution in [2.24, 2.45) is 0 Å². The third-order valence-corrected chi connectivity index (χ3v) is 5.26. The molecular weight excluding hydrogens is 296 g/mol. The zero-order valence-electron chi connectivity index (χ0n) is 10.7. The van der Waals surface area contributed by atoms with E-state index in [1.165, 1.54) is 6.07 Å². The van der Waals surface area contributed by atoms with Crippen LogP contribution in [0.4, 0.5) is 0 Å². The first-order valence-corrected chi connectivity index (χ1v) is 8.24. The van der Waals surface area contributed by atoms with Gasteiger partial charge in [0, 0.05) is 0 Å². The summed E-state index contributed by atoms with van der Waals surface area (Å²) in [7, 11) is -3.49. The molecule has 0 aliphatic carbocycles. The van der Waals surface area contributed by atoms with E-state index < -0.39 is 15.9 Å². The maximum absolute atomic E-state index is 12.2. The topological polar surface area (TPSA) is 54.4 Å². The second-order valence-corrected chi connectivity index (χ2v) is 6.95. The smallest absolute Gasteiger partial charge is 0.179 e. The minimum absolute atomic E-state index is 0.113. The molecule has 5 heteroatoms. The monoisotopic (exact) mass is 310 g/mol. The van der Waals surface area contributed by atoms with Crippen molar-refractivity contribution in [3.63, 3.8) is 0 Å². The summed E-state index contributed by atoms with van der Waals surface area (Å²) in [6.45, 7) is 0. The van der Waals surface area contributed by atoms with Crippen molar-refractivity contribution in [2.45, 2.75) is 17.4 Å². The van der Waals surface area contributed by atoms with Crippen LogP contribution >= 0.6 is 11.6 Å². The molecule has 2 aromatic carbocycles. The molecule has 3 nitrogen and oxygen atoms in total. The molecule has 0 aromatic heterocycles. The Balaban J connectivity index is 2.09. The van der Waals surface area contributed by atoms with Crippen molar-refractivity contribution >= 4 is 21.4 Å². The molecule has 0 spiro atoms. The van der Waals surface area contributed by atoms with E-state index in [-0.39, 0.29) is 22.1 Å². The molecule has 0 aliphatic heterocycles. The normalized spacial score (nSPS) is 13.1. The Morgan fingerprint density at radius 3 is 2.25 bits per heavy atom. The Kier molecular flexibility index (Phi) is 4.81. The van der Waals surface area contributed by atoms with Crippen LogP contribution in [-0.4, -0.2) is 19.3 Å². The molecule has 0 aliphatic rings. The van der Waals surface area contributed by atoms with Crippen LogP contribution in [0.25, 0.3) is 0 Å². The van der Waals surface area contributed by atoms with Crippen LogP contribution in [0.2, 0.25) is 5.02 Å². The summed E-state index contributed by atoms with van der Waals surface area (Å²) in [6, 6.07) is 15.3. The minimum Gasteiger partial charge on any atom is -0.388 e. The third-order valence-electron chi connectivity index (χ3n) is 3.02. The number of hydrogen-bond donors (Lipinski definition) is 1. The molecule has 0 saturated heterocycles. The summed E-state index contributed by atoms with van der Waals surface area (Å²) in [5, 5.41) is 10.2. The van der Waals surface area contributed by atoms with E-state index >= 15 is 0 Å². The van der Waals surface area contributed by atoms with E-state index in [1.54, 1.807) is 42.5 Å². The third kappa shape index (κ3) is 3.60. The van der Waals surface area contributed by atoms with Gasteiger partial charge in [-0.15, -0.1) is 0 Å². The standard InChI is InChI=1S/C15H15ClO3S/c16-13-8-4-5-9-15(13)20(18,19)11-10-14(17)12-6-2-1-3-7-12/h1-9,14,17H,10-11H2. The molecule has 2 aromatic rings. The fourth-order valence-corrected chi connectivity index (χ4v) is 3.81. The Morgan fingerprint density at radius 2 is 1.60 bits per heavy atom. The van der Waals surface area contributed by atoms with Crippen molar-refractivity contribution in [3.8, 4) is 0 Å². The number of halogens is 1. The Bertz CT molecular complexity index is 669. The van der Waals surface area contributed by atoms with Crippen molar-refractivity contribution in [2.75, 3.05) is 5.75 Å². The molecule has 2 rings (SSSR count). The van der Waals surface area contributed by atoms with Gasteiger partial charge in [-0.1, -0.05) is 54.1 Å². The summed E-state index contributed by atoms with van der Waals surface area (Å²) in [5.41, 5.74) is 0.710. The lowest BCUT2D eigenvalue weighted by molar-refractivity contribution is 0.174. The molecule has 0 bridgehead atoms. The predicted molar refractivity (Wildman–Crippen MR) is 79.5 cm³/mol. The molecule has 1 unspecified atom stereocenters. The summed E-state index contributed by atoms with van der Waals surface area (Å²) >= 11 is 5.90. The van der Waals surface area contributed by atoms with Crippen LogP contribution in [0.5, 0.6) is 0 Å². The molecule has 0 radical (unpaired) electrons. The largest absolute Gasteiger partial charge is 0.388 e. The number of aliphatic hydroxyl groups is 1. The van der Waals surface area contributed by atoms with E-state index in [1.807, 2.05) is 6.07 Å². The molecule has 1 N–H and O–H groups in total. The summed E-state index contributed by atoms with van der Waals surface area (Å²) in [4.78, 5) is 0.113. The fraction of sp³-hybridized carbons (Fsp3) is 0.200. The van der Waals surface area contributed by atoms with Gasteiger partial charge < -0.3 is 5.11 Å². The minimum atomic E-state index is -3.49. The van der Waals surface area contributed by atoms with E-state index in [9.17, 15) is 13.5 Å². The lowest BCUT2D eigenvalue weighted by atomic mass is 10.1. The molecule has 20 heavy (non-hydrogen) atoms. The van der Waals surface area contributed by atoms with Crippen LogP contribution in [0.1, 0.15) is 18.1 Å². The average molecular weight is 311 g/mol. The van der Waals surface area contributed by atoms with E-state index in [0.29, 0.717) is 5.56 Å². The van der Waals surface area contributed by atoms with Gasteiger partial charge in [-0.05, 0) is 24.1 Å². The highest BCUT2D eigenvalue weighted by Gasteiger charge is 2.19. The Labute approximate surface area is 123 Å². The van der Waals surface area contributed by atoms with Gasteiger partial charge in [0.15, 0.2) is 9.84 Å². The Hall–Kier alpha value is -1.36. The van der Waals surface area contributed by atoms with Gasteiger partial charge in [0.2, 0.25) is 0 Å². The molecule has 0 fully saturated rings. The van der Waals surface area contributed by atoms with Crippen molar-refractivity contribution in [1.29, 1.82) is 0 Å². The molecule has 0 heterocycles. The highest BCUT2D eigenvalue weighted by atomic mass is 35.5. The van der Waals surface area contributed by atoms with Gasteiger partial charge in [-0.25, -0.2) is 8.42 Å². The maximum Gasteiger partial charge on any atom is 0.179 e. The summed E-state index contributed by atoms with van der Waals surface area (Å²) in [5.74, 6) is -0.146. The zero-order chi connectivity index (χ0) is 14.6. The first-order valence-electron chi connectivity index (χ1n) is 6.21. The van der Waals surface area contributed by atoms with Gasteiger partial charge in [-0.3, -0.25) is 0 Å². The highest BCUT2D eigenvalue weighted by molar-refractivity contribution is 7.91.